The molecule has 0 aliphatic carbocycles. The third-order valence-corrected chi connectivity index (χ3v) is 6.46. The SMILES string of the molecule is CCCCCCCC[C@@H](NC(=O)C(c1ccccc1)(c1ccccc1)c1ccccc1)C(N)=O. The summed E-state index contributed by atoms with van der Waals surface area (Å²) in [6, 6.07) is 28.5. The molecule has 2 amide bonds. The van der Waals surface area contributed by atoms with Gasteiger partial charge in [-0.05, 0) is 23.1 Å². The van der Waals surface area contributed by atoms with Gasteiger partial charge < -0.3 is 11.1 Å². The van der Waals surface area contributed by atoms with Crippen molar-refractivity contribution in [2.75, 3.05) is 0 Å². The summed E-state index contributed by atoms with van der Waals surface area (Å²) in [6.07, 6.45) is 7.18. The molecule has 178 valence electrons. The maximum atomic E-state index is 14.2. The summed E-state index contributed by atoms with van der Waals surface area (Å²) >= 11 is 0. The second-order valence-electron chi connectivity index (χ2n) is 8.83. The minimum absolute atomic E-state index is 0.245. The Labute approximate surface area is 203 Å². The highest BCUT2D eigenvalue weighted by Crippen LogP contribution is 2.39. The molecule has 0 unspecified atom stereocenters. The summed E-state index contributed by atoms with van der Waals surface area (Å²) in [5, 5.41) is 3.04. The molecule has 0 saturated heterocycles. The van der Waals surface area contributed by atoms with E-state index in [0.29, 0.717) is 6.42 Å². The number of amides is 2. The van der Waals surface area contributed by atoms with E-state index in [9.17, 15) is 9.59 Å². The molecule has 34 heavy (non-hydrogen) atoms. The van der Waals surface area contributed by atoms with Crippen LogP contribution in [0.1, 0.15) is 68.6 Å². The lowest BCUT2D eigenvalue weighted by molar-refractivity contribution is -0.129. The van der Waals surface area contributed by atoms with Crippen LogP contribution in [0.5, 0.6) is 0 Å². The molecule has 0 saturated carbocycles. The van der Waals surface area contributed by atoms with E-state index in [1.54, 1.807) is 0 Å². The van der Waals surface area contributed by atoms with Gasteiger partial charge in [0, 0.05) is 0 Å². The van der Waals surface area contributed by atoms with E-state index < -0.39 is 17.4 Å². The molecule has 3 N–H and O–H groups in total. The third-order valence-electron chi connectivity index (χ3n) is 6.46. The van der Waals surface area contributed by atoms with E-state index in [-0.39, 0.29) is 5.91 Å². The van der Waals surface area contributed by atoms with Crippen LogP contribution in [-0.4, -0.2) is 17.9 Å². The number of carbonyl (C=O) groups is 2. The first kappa shape index (κ1) is 25.2. The van der Waals surface area contributed by atoms with E-state index in [4.69, 9.17) is 5.73 Å². The summed E-state index contributed by atoms with van der Waals surface area (Å²) in [7, 11) is 0. The minimum atomic E-state index is -1.11. The Kier molecular flexibility index (Phi) is 9.45. The second kappa shape index (κ2) is 12.7. The number of nitrogens with two attached hydrogens (primary N) is 1. The molecule has 0 bridgehead atoms. The van der Waals surface area contributed by atoms with Crippen molar-refractivity contribution in [2.45, 2.75) is 63.3 Å². The lowest BCUT2D eigenvalue weighted by Gasteiger charge is -2.35. The van der Waals surface area contributed by atoms with Crippen molar-refractivity contribution in [3.05, 3.63) is 108 Å². The van der Waals surface area contributed by atoms with Gasteiger partial charge in [-0.1, -0.05) is 136 Å². The Bertz CT molecular complexity index is 923. The van der Waals surface area contributed by atoms with Crippen molar-refractivity contribution in [1.29, 1.82) is 0 Å². The Morgan fingerprint density at radius 2 is 1.12 bits per heavy atom. The van der Waals surface area contributed by atoms with Gasteiger partial charge in [0.15, 0.2) is 0 Å². The van der Waals surface area contributed by atoms with Crippen LogP contribution in [0.4, 0.5) is 0 Å². The summed E-state index contributed by atoms with van der Waals surface area (Å²) in [6.45, 7) is 2.19. The van der Waals surface area contributed by atoms with Crippen LogP contribution >= 0.6 is 0 Å². The van der Waals surface area contributed by atoms with Gasteiger partial charge >= 0.3 is 0 Å². The van der Waals surface area contributed by atoms with Crippen LogP contribution in [0, 0.1) is 0 Å². The first-order valence-electron chi connectivity index (χ1n) is 12.4. The Morgan fingerprint density at radius 1 is 0.706 bits per heavy atom. The lowest BCUT2D eigenvalue weighted by Crippen LogP contribution is -2.53. The zero-order chi connectivity index (χ0) is 24.2. The normalized spacial score (nSPS) is 12.1. The van der Waals surface area contributed by atoms with Crippen LogP contribution in [0.25, 0.3) is 0 Å². The van der Waals surface area contributed by atoms with E-state index >= 15 is 0 Å². The van der Waals surface area contributed by atoms with Gasteiger partial charge in [0.2, 0.25) is 11.8 Å². The lowest BCUT2D eigenvalue weighted by atomic mass is 9.68. The van der Waals surface area contributed by atoms with Gasteiger partial charge in [0.05, 0.1) is 0 Å². The zero-order valence-corrected chi connectivity index (χ0v) is 20.1. The van der Waals surface area contributed by atoms with Crippen LogP contribution in [-0.2, 0) is 15.0 Å². The highest BCUT2D eigenvalue weighted by Gasteiger charge is 2.44. The molecule has 0 aromatic heterocycles. The quantitative estimate of drug-likeness (QED) is 0.254. The van der Waals surface area contributed by atoms with Crippen molar-refractivity contribution in [1.82, 2.24) is 5.32 Å². The van der Waals surface area contributed by atoms with Crippen LogP contribution < -0.4 is 11.1 Å². The van der Waals surface area contributed by atoms with Crippen LogP contribution in [0.15, 0.2) is 91.0 Å². The van der Waals surface area contributed by atoms with E-state index in [1.165, 1.54) is 19.3 Å². The average molecular weight is 457 g/mol. The zero-order valence-electron chi connectivity index (χ0n) is 20.1. The maximum absolute atomic E-state index is 14.2. The molecule has 4 heteroatoms. The fourth-order valence-electron chi connectivity index (χ4n) is 4.64. The molecule has 0 heterocycles. The molecule has 1 atom stereocenters. The predicted octanol–water partition coefficient (Wildman–Crippen LogP) is 5.74. The summed E-state index contributed by atoms with van der Waals surface area (Å²) in [5.74, 6) is -0.740. The molecule has 3 aromatic rings. The van der Waals surface area contributed by atoms with Crippen LogP contribution in [0.3, 0.4) is 0 Å². The van der Waals surface area contributed by atoms with Crippen molar-refractivity contribution in [3.63, 3.8) is 0 Å². The number of rotatable bonds is 13. The van der Waals surface area contributed by atoms with Gasteiger partial charge in [-0.3, -0.25) is 9.59 Å². The average Bonchev–Trinajstić information content (AvgIpc) is 2.88. The first-order chi connectivity index (χ1) is 16.6. The van der Waals surface area contributed by atoms with E-state index in [1.807, 2.05) is 91.0 Å². The Hall–Kier alpha value is -3.40. The van der Waals surface area contributed by atoms with Crippen molar-refractivity contribution in [2.24, 2.45) is 5.73 Å². The van der Waals surface area contributed by atoms with Gasteiger partial charge in [-0.25, -0.2) is 0 Å². The maximum Gasteiger partial charge on any atom is 0.240 e. The fourth-order valence-corrected chi connectivity index (χ4v) is 4.64. The molecule has 0 aliphatic rings. The molecule has 3 aromatic carbocycles. The number of benzene rings is 3. The molecule has 0 radical (unpaired) electrons. The monoisotopic (exact) mass is 456 g/mol. The number of carbonyl (C=O) groups excluding carboxylic acids is 2. The first-order valence-corrected chi connectivity index (χ1v) is 12.4. The Balaban J connectivity index is 1.97. The summed E-state index contributed by atoms with van der Waals surface area (Å²) < 4.78 is 0. The number of hydrogen-bond donors (Lipinski definition) is 2. The largest absolute Gasteiger partial charge is 0.368 e. The number of nitrogens with one attached hydrogen (secondary N) is 1. The Morgan fingerprint density at radius 3 is 1.53 bits per heavy atom. The molecule has 0 fully saturated rings. The molecule has 0 aliphatic heterocycles. The fraction of sp³-hybridized carbons (Fsp3) is 0.333. The van der Waals surface area contributed by atoms with E-state index in [2.05, 4.69) is 12.2 Å². The number of hydrogen-bond acceptors (Lipinski definition) is 2. The second-order valence-corrected chi connectivity index (χ2v) is 8.83. The van der Waals surface area contributed by atoms with Gasteiger partial charge in [0.25, 0.3) is 0 Å². The molecule has 4 nitrogen and oxygen atoms in total. The molecule has 3 rings (SSSR count). The van der Waals surface area contributed by atoms with Crippen LogP contribution in [0.2, 0.25) is 0 Å². The molecular formula is C30H36N2O2. The summed E-state index contributed by atoms with van der Waals surface area (Å²) in [4.78, 5) is 26.6. The summed E-state index contributed by atoms with van der Waals surface area (Å²) in [5.41, 5.74) is 7.16. The van der Waals surface area contributed by atoms with Gasteiger partial charge in [-0.2, -0.15) is 0 Å². The number of primary amides is 1. The third kappa shape index (κ3) is 5.93. The highest BCUT2D eigenvalue weighted by atomic mass is 16.2. The van der Waals surface area contributed by atoms with Crippen molar-refractivity contribution in [3.8, 4) is 0 Å². The molecular weight excluding hydrogens is 420 g/mol. The topological polar surface area (TPSA) is 72.2 Å². The van der Waals surface area contributed by atoms with E-state index in [0.717, 1.165) is 36.0 Å². The number of unbranched alkanes of at least 4 members (excludes halogenated alkanes) is 5. The highest BCUT2D eigenvalue weighted by molar-refractivity contribution is 5.98. The standard InChI is InChI=1S/C30H36N2O2/c1-2-3-4-5-6-16-23-27(28(31)33)32-29(34)30(24-17-10-7-11-18-24,25-19-12-8-13-20-25)26-21-14-9-15-22-26/h7-15,17-22,27H,2-6,16,23H2,1H3,(H2,31,33)(H,32,34)/t27-/m1/s1. The van der Waals surface area contributed by atoms with Gasteiger partial charge in [-0.15, -0.1) is 0 Å². The van der Waals surface area contributed by atoms with Crippen molar-refractivity contribution < 1.29 is 9.59 Å². The molecule has 0 spiro atoms. The minimum Gasteiger partial charge on any atom is -0.368 e. The smallest absolute Gasteiger partial charge is 0.240 e. The van der Waals surface area contributed by atoms with Crippen molar-refractivity contribution >= 4 is 11.8 Å². The predicted molar refractivity (Wildman–Crippen MR) is 138 cm³/mol. The van der Waals surface area contributed by atoms with Gasteiger partial charge in [0.1, 0.15) is 11.5 Å².